The summed E-state index contributed by atoms with van der Waals surface area (Å²) in [5.41, 5.74) is 0.638. The van der Waals surface area contributed by atoms with E-state index in [1.807, 2.05) is 0 Å². The number of aromatic nitrogens is 1. The Bertz CT molecular complexity index is 1260. The van der Waals surface area contributed by atoms with Crippen LogP contribution in [0, 0.1) is 11.8 Å². The summed E-state index contributed by atoms with van der Waals surface area (Å²) in [6.45, 7) is 2.00. The van der Waals surface area contributed by atoms with E-state index in [9.17, 15) is 18.0 Å². The lowest BCUT2D eigenvalue weighted by molar-refractivity contribution is -0.132. The monoisotopic (exact) mass is 474 g/mol. The number of furan rings is 1. The van der Waals surface area contributed by atoms with Crippen molar-refractivity contribution in [3.05, 3.63) is 52.9 Å². The highest BCUT2D eigenvalue weighted by atomic mass is 32.2. The molecule has 1 fully saturated rings. The number of aryl methyl sites for hydroxylation is 1. The molecule has 1 saturated carbocycles. The quantitative estimate of drug-likeness (QED) is 0.478. The third-order valence-corrected chi connectivity index (χ3v) is 8.38. The van der Waals surface area contributed by atoms with Gasteiger partial charge in [-0.3, -0.25) is 9.36 Å². The summed E-state index contributed by atoms with van der Waals surface area (Å²) < 4.78 is 40.0. The summed E-state index contributed by atoms with van der Waals surface area (Å²) in [5, 5.41) is 0. The van der Waals surface area contributed by atoms with Crippen LogP contribution in [0.3, 0.4) is 0 Å². The molecule has 33 heavy (non-hydrogen) atoms. The fraction of sp³-hybridized carbons (Fsp3) is 0.500. The summed E-state index contributed by atoms with van der Waals surface area (Å²) in [6, 6.07) is 7.50. The number of hydrogen-bond donors (Lipinski definition) is 0. The van der Waals surface area contributed by atoms with Crippen molar-refractivity contribution in [2.75, 3.05) is 0 Å². The summed E-state index contributed by atoms with van der Waals surface area (Å²) in [6.07, 6.45) is 8.20. The molecular formula is C24H30N2O6S. The fourth-order valence-corrected chi connectivity index (χ4v) is 6.05. The number of benzene rings is 1. The topological polar surface area (TPSA) is 103 Å². The smallest absolute Gasteiger partial charge is 0.419 e. The second kappa shape index (κ2) is 9.59. The number of unbranched alkanes of at least 4 members (excludes halogenated alkanes) is 1. The molecule has 1 aromatic carbocycles. The number of amides is 1. The van der Waals surface area contributed by atoms with E-state index in [1.165, 1.54) is 42.5 Å². The Morgan fingerprint density at radius 3 is 2.61 bits per heavy atom. The van der Waals surface area contributed by atoms with Crippen LogP contribution in [-0.4, -0.2) is 23.2 Å². The molecule has 8 nitrogen and oxygen atoms in total. The van der Waals surface area contributed by atoms with Crippen LogP contribution in [0.5, 0.6) is 0 Å². The van der Waals surface area contributed by atoms with Gasteiger partial charge in [0.1, 0.15) is 5.76 Å². The van der Waals surface area contributed by atoms with Crippen molar-refractivity contribution in [3.8, 4) is 0 Å². The average molecular weight is 475 g/mol. The van der Waals surface area contributed by atoms with Crippen LogP contribution < -0.4 is 5.76 Å². The van der Waals surface area contributed by atoms with Crippen LogP contribution in [0.15, 0.2) is 55.1 Å². The molecule has 0 radical (unpaired) electrons. The summed E-state index contributed by atoms with van der Waals surface area (Å²) in [7, 11) is -2.68. The highest BCUT2D eigenvalue weighted by Crippen LogP contribution is 2.34. The molecule has 9 heteroatoms. The Kier molecular flexibility index (Phi) is 6.78. The number of fused-ring (bicyclic) bond motifs is 1. The maximum Gasteiger partial charge on any atom is 0.419 e. The molecule has 0 saturated heterocycles. The van der Waals surface area contributed by atoms with Gasteiger partial charge in [0, 0.05) is 13.0 Å². The van der Waals surface area contributed by atoms with E-state index in [0.29, 0.717) is 30.0 Å². The lowest BCUT2D eigenvalue weighted by Gasteiger charge is -2.31. The minimum absolute atomic E-state index is 0.0667. The molecule has 0 unspecified atom stereocenters. The SMILES string of the molecule is CCCCC1CCC(C(=O)N(Cc2ccco2)S(=O)(=O)c2ccc3oc(=O)n(C)c3c2)CC1. The van der Waals surface area contributed by atoms with Crippen LogP contribution in [-0.2, 0) is 28.4 Å². The van der Waals surface area contributed by atoms with E-state index in [4.69, 9.17) is 8.83 Å². The molecule has 0 bridgehead atoms. The number of sulfonamides is 1. The van der Waals surface area contributed by atoms with E-state index < -0.39 is 21.7 Å². The zero-order chi connectivity index (χ0) is 23.6. The fourth-order valence-electron chi connectivity index (χ4n) is 4.61. The zero-order valence-electron chi connectivity index (χ0n) is 19.0. The molecule has 178 valence electrons. The van der Waals surface area contributed by atoms with Crippen LogP contribution >= 0.6 is 0 Å². The van der Waals surface area contributed by atoms with Crippen molar-refractivity contribution in [1.29, 1.82) is 0 Å². The van der Waals surface area contributed by atoms with Crippen molar-refractivity contribution in [1.82, 2.24) is 8.87 Å². The summed E-state index contributed by atoms with van der Waals surface area (Å²) >= 11 is 0. The first kappa shape index (κ1) is 23.4. The Labute approximate surface area is 193 Å². The Morgan fingerprint density at radius 1 is 1.18 bits per heavy atom. The molecule has 1 aliphatic carbocycles. The highest BCUT2D eigenvalue weighted by molar-refractivity contribution is 7.89. The van der Waals surface area contributed by atoms with E-state index >= 15 is 0 Å². The van der Waals surface area contributed by atoms with Gasteiger partial charge < -0.3 is 8.83 Å². The molecule has 0 atom stereocenters. The van der Waals surface area contributed by atoms with Gasteiger partial charge in [-0.2, -0.15) is 0 Å². The molecule has 3 aromatic rings. The van der Waals surface area contributed by atoms with Gasteiger partial charge in [0.05, 0.1) is 23.2 Å². The predicted molar refractivity (Wildman–Crippen MR) is 123 cm³/mol. The van der Waals surface area contributed by atoms with Crippen LogP contribution in [0.4, 0.5) is 0 Å². The number of carbonyl (C=O) groups excluding carboxylic acids is 1. The van der Waals surface area contributed by atoms with Gasteiger partial charge in [-0.1, -0.05) is 26.2 Å². The van der Waals surface area contributed by atoms with Gasteiger partial charge in [0.25, 0.3) is 10.0 Å². The molecule has 1 amide bonds. The first-order chi connectivity index (χ1) is 15.8. The Balaban J connectivity index is 1.63. The average Bonchev–Trinajstić information content (AvgIpc) is 3.43. The standard InChI is InChI=1S/C24H30N2O6S/c1-3-4-6-17-8-10-18(11-9-17)23(27)26(16-19-7-5-14-31-19)33(29,30)20-12-13-22-21(15-20)25(2)24(28)32-22/h5,7,12-15,17-18H,3-4,6,8-11,16H2,1-2H3. The predicted octanol–water partition coefficient (Wildman–Crippen LogP) is 4.44. The normalized spacial score (nSPS) is 19.1. The molecule has 4 rings (SSSR count). The summed E-state index contributed by atoms with van der Waals surface area (Å²) in [4.78, 5) is 25.3. The van der Waals surface area contributed by atoms with Crippen molar-refractivity contribution in [2.45, 2.75) is 63.3 Å². The number of nitrogens with zero attached hydrogens (tertiary/aromatic N) is 2. The number of rotatable bonds is 8. The van der Waals surface area contributed by atoms with Gasteiger partial charge in [0.2, 0.25) is 5.91 Å². The third-order valence-electron chi connectivity index (χ3n) is 6.64. The number of hydrogen-bond acceptors (Lipinski definition) is 6. The van der Waals surface area contributed by atoms with Gasteiger partial charge in [-0.25, -0.2) is 17.5 Å². The minimum Gasteiger partial charge on any atom is -0.467 e. The molecular weight excluding hydrogens is 444 g/mol. The van der Waals surface area contributed by atoms with E-state index in [2.05, 4.69) is 6.92 Å². The lowest BCUT2D eigenvalue weighted by atomic mass is 9.79. The maximum absolute atomic E-state index is 13.7. The zero-order valence-corrected chi connectivity index (χ0v) is 19.8. The molecule has 0 spiro atoms. The molecule has 2 aromatic heterocycles. The molecule has 1 aliphatic rings. The molecule has 2 heterocycles. The summed E-state index contributed by atoms with van der Waals surface area (Å²) in [5.74, 6) is -0.326. The minimum atomic E-state index is -4.19. The van der Waals surface area contributed by atoms with Crippen molar-refractivity contribution < 1.29 is 22.0 Å². The Hall–Kier alpha value is -2.81. The molecule has 0 N–H and O–H groups in total. The molecule has 0 aliphatic heterocycles. The van der Waals surface area contributed by atoms with Gasteiger partial charge in [0.15, 0.2) is 5.58 Å². The van der Waals surface area contributed by atoms with Gasteiger partial charge in [-0.15, -0.1) is 0 Å². The third kappa shape index (κ3) is 4.78. The van der Waals surface area contributed by atoms with Crippen LogP contribution in [0.25, 0.3) is 11.1 Å². The van der Waals surface area contributed by atoms with E-state index in [0.717, 1.165) is 30.0 Å². The number of carbonyl (C=O) groups is 1. The first-order valence-corrected chi connectivity index (χ1v) is 12.9. The number of oxazole rings is 1. The van der Waals surface area contributed by atoms with E-state index in [1.54, 1.807) is 12.1 Å². The lowest BCUT2D eigenvalue weighted by Crippen LogP contribution is -2.41. The van der Waals surface area contributed by atoms with Gasteiger partial charge in [-0.05, 0) is 61.9 Å². The second-order valence-electron chi connectivity index (χ2n) is 8.85. The van der Waals surface area contributed by atoms with Gasteiger partial charge >= 0.3 is 5.76 Å². The van der Waals surface area contributed by atoms with Crippen molar-refractivity contribution in [2.24, 2.45) is 18.9 Å². The Morgan fingerprint density at radius 2 is 1.94 bits per heavy atom. The highest BCUT2D eigenvalue weighted by Gasteiger charge is 2.36. The van der Waals surface area contributed by atoms with E-state index in [-0.39, 0.29) is 22.9 Å². The van der Waals surface area contributed by atoms with Crippen molar-refractivity contribution in [3.63, 3.8) is 0 Å². The van der Waals surface area contributed by atoms with Crippen molar-refractivity contribution >= 4 is 27.0 Å². The van der Waals surface area contributed by atoms with Crippen LogP contribution in [0.2, 0.25) is 0 Å². The largest absolute Gasteiger partial charge is 0.467 e. The van der Waals surface area contributed by atoms with Crippen LogP contribution in [0.1, 0.15) is 57.6 Å². The first-order valence-electron chi connectivity index (χ1n) is 11.5. The maximum atomic E-state index is 13.7. The second-order valence-corrected chi connectivity index (χ2v) is 10.7.